The zero-order valence-electron chi connectivity index (χ0n) is 9.16. The summed E-state index contributed by atoms with van der Waals surface area (Å²) < 4.78 is 0. The van der Waals surface area contributed by atoms with Crippen LogP contribution in [0, 0.1) is 0 Å². The van der Waals surface area contributed by atoms with Crippen LogP contribution in [0.4, 0.5) is 0 Å². The predicted molar refractivity (Wildman–Crippen MR) is 68.4 cm³/mol. The summed E-state index contributed by atoms with van der Waals surface area (Å²) in [6.07, 6.45) is 6.00. The Morgan fingerprint density at radius 1 is 1.60 bits per heavy atom. The van der Waals surface area contributed by atoms with Crippen LogP contribution >= 0.6 is 23.1 Å². The first-order chi connectivity index (χ1) is 7.38. The van der Waals surface area contributed by atoms with Gasteiger partial charge in [0.1, 0.15) is 5.01 Å². The first-order valence-corrected chi connectivity index (χ1v) is 7.60. The third-order valence-corrected chi connectivity index (χ3v) is 4.67. The van der Waals surface area contributed by atoms with E-state index in [0.29, 0.717) is 0 Å². The van der Waals surface area contributed by atoms with Crippen molar-refractivity contribution in [3.05, 3.63) is 16.1 Å². The van der Waals surface area contributed by atoms with Crippen LogP contribution < -0.4 is 5.32 Å². The minimum absolute atomic E-state index is 0.796. The van der Waals surface area contributed by atoms with Crippen LogP contribution in [0.3, 0.4) is 0 Å². The summed E-state index contributed by atoms with van der Waals surface area (Å²) in [4.78, 5) is 5.83. The van der Waals surface area contributed by atoms with Gasteiger partial charge in [-0.1, -0.05) is 6.92 Å². The molecule has 0 radical (unpaired) electrons. The van der Waals surface area contributed by atoms with Crippen molar-refractivity contribution in [3.8, 4) is 0 Å². The van der Waals surface area contributed by atoms with E-state index in [1.165, 1.54) is 34.9 Å². The molecular weight excluding hydrogens is 224 g/mol. The van der Waals surface area contributed by atoms with Crippen molar-refractivity contribution in [3.63, 3.8) is 0 Å². The summed E-state index contributed by atoms with van der Waals surface area (Å²) in [6, 6.07) is 0.796. The van der Waals surface area contributed by atoms with Gasteiger partial charge in [0.05, 0.1) is 0 Å². The smallest absolute Gasteiger partial charge is 0.103 e. The lowest BCUT2D eigenvalue weighted by Crippen LogP contribution is -2.14. The minimum atomic E-state index is 0.796. The van der Waals surface area contributed by atoms with Crippen molar-refractivity contribution in [2.45, 2.75) is 44.5 Å². The van der Waals surface area contributed by atoms with E-state index in [2.05, 4.69) is 17.2 Å². The fourth-order valence-corrected chi connectivity index (χ4v) is 3.17. The molecule has 0 atom stereocenters. The molecule has 0 spiro atoms. The van der Waals surface area contributed by atoms with E-state index >= 15 is 0 Å². The number of rotatable bonds is 7. The van der Waals surface area contributed by atoms with Crippen LogP contribution in [0.1, 0.15) is 36.1 Å². The average Bonchev–Trinajstić information content (AvgIpc) is 2.97. The van der Waals surface area contributed by atoms with Gasteiger partial charge in [0.15, 0.2) is 0 Å². The summed E-state index contributed by atoms with van der Waals surface area (Å²) >= 11 is 3.84. The summed E-state index contributed by atoms with van der Waals surface area (Å²) in [5.41, 5.74) is 0. The average molecular weight is 242 g/mol. The van der Waals surface area contributed by atoms with Crippen LogP contribution in [0.2, 0.25) is 0 Å². The van der Waals surface area contributed by atoms with Crippen LogP contribution in [-0.2, 0) is 12.3 Å². The van der Waals surface area contributed by atoms with E-state index in [0.717, 1.165) is 18.3 Å². The van der Waals surface area contributed by atoms with Crippen molar-refractivity contribution < 1.29 is 0 Å². The fourth-order valence-electron chi connectivity index (χ4n) is 1.33. The van der Waals surface area contributed by atoms with Gasteiger partial charge in [-0.15, -0.1) is 11.3 Å². The highest BCUT2D eigenvalue weighted by atomic mass is 32.2. The first-order valence-electron chi connectivity index (χ1n) is 5.63. The highest BCUT2D eigenvalue weighted by molar-refractivity contribution is 7.98. The van der Waals surface area contributed by atoms with Gasteiger partial charge in [0, 0.05) is 29.4 Å². The molecule has 1 saturated carbocycles. The van der Waals surface area contributed by atoms with Crippen molar-refractivity contribution in [2.24, 2.45) is 0 Å². The number of hydrogen-bond donors (Lipinski definition) is 1. The molecule has 0 bridgehead atoms. The third kappa shape index (κ3) is 4.13. The zero-order chi connectivity index (χ0) is 10.5. The molecule has 0 amide bonds. The van der Waals surface area contributed by atoms with Gasteiger partial charge >= 0.3 is 0 Å². The Labute approximate surface area is 99.9 Å². The second-order valence-electron chi connectivity index (χ2n) is 3.93. The molecule has 1 aromatic rings. The van der Waals surface area contributed by atoms with Crippen molar-refractivity contribution in [1.29, 1.82) is 0 Å². The normalized spacial score (nSPS) is 15.8. The number of nitrogens with one attached hydrogen (secondary N) is 1. The Morgan fingerprint density at radius 2 is 2.47 bits per heavy atom. The van der Waals surface area contributed by atoms with Crippen molar-refractivity contribution in [1.82, 2.24) is 10.3 Å². The number of thiazole rings is 1. The molecule has 1 aliphatic rings. The Morgan fingerprint density at radius 3 is 3.20 bits per heavy atom. The van der Waals surface area contributed by atoms with E-state index < -0.39 is 0 Å². The van der Waals surface area contributed by atoms with Crippen LogP contribution in [0.15, 0.2) is 6.20 Å². The first kappa shape index (κ1) is 11.4. The summed E-state index contributed by atoms with van der Waals surface area (Å²) in [5.74, 6) is 2.33. The van der Waals surface area contributed by atoms with Gasteiger partial charge in [-0.3, -0.25) is 0 Å². The van der Waals surface area contributed by atoms with Gasteiger partial charge < -0.3 is 5.32 Å². The summed E-state index contributed by atoms with van der Waals surface area (Å²) in [5, 5.41) is 4.80. The molecule has 84 valence electrons. The van der Waals surface area contributed by atoms with E-state index in [9.17, 15) is 0 Å². The van der Waals surface area contributed by atoms with Gasteiger partial charge in [-0.25, -0.2) is 4.98 Å². The maximum atomic E-state index is 4.44. The Balaban J connectivity index is 1.70. The Hall–Kier alpha value is -0.0600. The molecule has 15 heavy (non-hydrogen) atoms. The van der Waals surface area contributed by atoms with E-state index in [1.54, 1.807) is 0 Å². The molecule has 1 N–H and O–H groups in total. The summed E-state index contributed by atoms with van der Waals surface area (Å²) in [7, 11) is 0. The molecule has 0 aliphatic heterocycles. The molecule has 2 rings (SSSR count). The molecular formula is C11H18N2S2. The van der Waals surface area contributed by atoms with Gasteiger partial charge in [0.2, 0.25) is 0 Å². The molecule has 0 unspecified atom stereocenters. The Bertz CT molecular complexity index is 295. The molecule has 1 aliphatic carbocycles. The monoisotopic (exact) mass is 242 g/mol. The van der Waals surface area contributed by atoms with E-state index in [4.69, 9.17) is 0 Å². The topological polar surface area (TPSA) is 24.9 Å². The largest absolute Gasteiger partial charge is 0.309 e. The fraction of sp³-hybridized carbons (Fsp3) is 0.727. The maximum absolute atomic E-state index is 4.44. The van der Waals surface area contributed by atoms with Gasteiger partial charge in [-0.05, 0) is 25.0 Å². The molecule has 1 fully saturated rings. The lowest BCUT2D eigenvalue weighted by atomic mass is 10.5. The quantitative estimate of drug-likeness (QED) is 0.744. The lowest BCUT2D eigenvalue weighted by Gasteiger charge is -1.97. The standard InChI is InChI=1S/C11H18N2S2/c1-2-5-14-8-11-13-7-10(15-11)6-12-9-3-4-9/h7,9,12H,2-6,8H2,1H3. The lowest BCUT2D eigenvalue weighted by molar-refractivity contribution is 0.694. The van der Waals surface area contributed by atoms with Gasteiger partial charge in [-0.2, -0.15) is 11.8 Å². The zero-order valence-corrected chi connectivity index (χ0v) is 10.8. The third-order valence-electron chi connectivity index (χ3n) is 2.32. The second kappa shape index (κ2) is 5.87. The minimum Gasteiger partial charge on any atom is -0.309 e. The van der Waals surface area contributed by atoms with Crippen LogP contribution in [0.5, 0.6) is 0 Å². The number of aromatic nitrogens is 1. The summed E-state index contributed by atoms with van der Waals surface area (Å²) in [6.45, 7) is 3.24. The molecule has 1 aromatic heterocycles. The maximum Gasteiger partial charge on any atom is 0.103 e. The molecule has 1 heterocycles. The second-order valence-corrected chi connectivity index (χ2v) is 6.23. The van der Waals surface area contributed by atoms with Gasteiger partial charge in [0.25, 0.3) is 0 Å². The molecule has 0 saturated heterocycles. The van der Waals surface area contributed by atoms with Crippen molar-refractivity contribution in [2.75, 3.05) is 5.75 Å². The van der Waals surface area contributed by atoms with Crippen LogP contribution in [-0.4, -0.2) is 16.8 Å². The highest BCUT2D eigenvalue weighted by Crippen LogP contribution is 2.22. The van der Waals surface area contributed by atoms with Crippen molar-refractivity contribution >= 4 is 23.1 Å². The number of hydrogen-bond acceptors (Lipinski definition) is 4. The molecule has 2 nitrogen and oxygen atoms in total. The number of thioether (sulfide) groups is 1. The number of nitrogens with zero attached hydrogens (tertiary/aromatic N) is 1. The Kier molecular flexibility index (Phi) is 4.47. The molecule has 4 heteroatoms. The van der Waals surface area contributed by atoms with E-state index in [-0.39, 0.29) is 0 Å². The SMILES string of the molecule is CCCSCc1ncc(CNC2CC2)s1. The van der Waals surface area contributed by atoms with Crippen LogP contribution in [0.25, 0.3) is 0 Å². The molecule has 0 aromatic carbocycles. The predicted octanol–water partition coefficient (Wildman–Crippen LogP) is 3.04. The van der Waals surface area contributed by atoms with E-state index in [1.807, 2.05) is 29.3 Å². The highest BCUT2D eigenvalue weighted by Gasteiger charge is 2.20.